The summed E-state index contributed by atoms with van der Waals surface area (Å²) in [5, 5.41) is 0. The molecule has 0 radical (unpaired) electrons. The number of piperidine rings is 1. The van der Waals surface area contributed by atoms with E-state index in [2.05, 4.69) is 41.1 Å². The number of hydrogen-bond acceptors (Lipinski definition) is 3. The van der Waals surface area contributed by atoms with E-state index in [1.54, 1.807) is 0 Å². The summed E-state index contributed by atoms with van der Waals surface area (Å²) in [4.78, 5) is 5.04. The molecule has 0 aliphatic carbocycles. The molecule has 0 atom stereocenters. The van der Waals surface area contributed by atoms with Crippen LogP contribution in [0.4, 0.5) is 5.69 Å². The van der Waals surface area contributed by atoms with Gasteiger partial charge >= 0.3 is 0 Å². The van der Waals surface area contributed by atoms with Crippen molar-refractivity contribution in [3.8, 4) is 0 Å². The zero-order valence-electron chi connectivity index (χ0n) is 11.9. The molecule has 1 aromatic rings. The highest BCUT2D eigenvalue weighted by Gasteiger charge is 2.39. The number of anilines is 1. The van der Waals surface area contributed by atoms with Crippen LogP contribution in [-0.4, -0.2) is 43.7 Å². The lowest BCUT2D eigenvalue weighted by Gasteiger charge is -2.51. The minimum Gasteiger partial charge on any atom is -0.364 e. The second-order valence-corrected chi connectivity index (χ2v) is 6.12. The molecular weight excluding hydrogens is 234 g/mol. The van der Waals surface area contributed by atoms with E-state index < -0.39 is 0 Å². The molecular formula is C16H25N3. The number of nitrogens with two attached hydrogens (primary N) is 1. The number of nitrogens with zero attached hydrogens (tertiary/aromatic N) is 2. The summed E-state index contributed by atoms with van der Waals surface area (Å²) in [5.41, 5.74) is 9.33. The van der Waals surface area contributed by atoms with Crippen molar-refractivity contribution >= 4 is 5.69 Å². The Bertz CT molecular complexity index is 435. The van der Waals surface area contributed by atoms with Gasteiger partial charge in [-0.15, -0.1) is 0 Å². The number of para-hydroxylation sites is 1. The van der Waals surface area contributed by atoms with Gasteiger partial charge in [-0.1, -0.05) is 18.2 Å². The average Bonchev–Trinajstić information content (AvgIpc) is 2.48. The van der Waals surface area contributed by atoms with Crippen molar-refractivity contribution in [2.45, 2.75) is 31.2 Å². The number of rotatable bonds is 2. The first-order valence-corrected chi connectivity index (χ1v) is 7.49. The second-order valence-electron chi connectivity index (χ2n) is 6.12. The molecule has 1 fully saturated rings. The van der Waals surface area contributed by atoms with Gasteiger partial charge in [0.05, 0.1) is 5.54 Å². The fourth-order valence-corrected chi connectivity index (χ4v) is 3.65. The van der Waals surface area contributed by atoms with E-state index in [0.717, 1.165) is 26.2 Å². The standard InChI is InChI=1S/C16H25N3/c1-18-11-8-16(13-17,9-12-18)19-10-4-6-14-5-2-3-7-15(14)19/h2-3,5,7H,4,6,8-13,17H2,1H3. The van der Waals surface area contributed by atoms with Crippen LogP contribution in [-0.2, 0) is 6.42 Å². The van der Waals surface area contributed by atoms with Gasteiger partial charge < -0.3 is 15.5 Å². The van der Waals surface area contributed by atoms with Crippen molar-refractivity contribution in [1.82, 2.24) is 4.90 Å². The zero-order chi connectivity index (χ0) is 13.3. The van der Waals surface area contributed by atoms with Gasteiger partial charge in [0.2, 0.25) is 0 Å². The Morgan fingerprint density at radius 1 is 1.16 bits per heavy atom. The van der Waals surface area contributed by atoms with Crippen LogP contribution in [0.15, 0.2) is 24.3 Å². The first-order valence-electron chi connectivity index (χ1n) is 7.49. The van der Waals surface area contributed by atoms with Crippen LogP contribution in [0.5, 0.6) is 0 Å². The predicted molar refractivity (Wildman–Crippen MR) is 80.6 cm³/mol. The second kappa shape index (κ2) is 5.14. The van der Waals surface area contributed by atoms with Crippen molar-refractivity contribution in [2.24, 2.45) is 5.73 Å². The van der Waals surface area contributed by atoms with Gasteiger partial charge in [-0.3, -0.25) is 0 Å². The smallest absolute Gasteiger partial charge is 0.0548 e. The van der Waals surface area contributed by atoms with Gasteiger partial charge in [-0.25, -0.2) is 0 Å². The molecule has 0 bridgehead atoms. The van der Waals surface area contributed by atoms with Gasteiger partial charge in [-0.05, 0) is 44.4 Å². The van der Waals surface area contributed by atoms with E-state index in [9.17, 15) is 0 Å². The van der Waals surface area contributed by atoms with Crippen molar-refractivity contribution < 1.29 is 0 Å². The first kappa shape index (κ1) is 12.9. The number of fused-ring (bicyclic) bond motifs is 1. The topological polar surface area (TPSA) is 32.5 Å². The van der Waals surface area contributed by atoms with Crippen LogP contribution < -0.4 is 10.6 Å². The predicted octanol–water partition coefficient (Wildman–Crippen LogP) is 1.86. The van der Waals surface area contributed by atoms with Gasteiger partial charge in [0.15, 0.2) is 0 Å². The average molecular weight is 259 g/mol. The maximum atomic E-state index is 6.21. The van der Waals surface area contributed by atoms with Crippen LogP contribution >= 0.6 is 0 Å². The van der Waals surface area contributed by atoms with Gasteiger partial charge in [0.1, 0.15) is 0 Å². The summed E-state index contributed by atoms with van der Waals surface area (Å²) in [6.45, 7) is 4.26. The number of likely N-dealkylation sites (tertiary alicyclic amines) is 1. The minimum atomic E-state index is 0.184. The number of benzene rings is 1. The van der Waals surface area contributed by atoms with Crippen molar-refractivity contribution in [3.63, 3.8) is 0 Å². The molecule has 0 aromatic heterocycles. The molecule has 2 aliphatic rings. The summed E-state index contributed by atoms with van der Waals surface area (Å²) in [6.07, 6.45) is 4.85. The molecule has 3 rings (SSSR count). The Labute approximate surface area is 116 Å². The quantitative estimate of drug-likeness (QED) is 0.880. The highest BCUT2D eigenvalue weighted by molar-refractivity contribution is 5.57. The molecule has 2 N–H and O–H groups in total. The molecule has 3 nitrogen and oxygen atoms in total. The fourth-order valence-electron chi connectivity index (χ4n) is 3.65. The van der Waals surface area contributed by atoms with Crippen LogP contribution in [0.3, 0.4) is 0 Å². The minimum absolute atomic E-state index is 0.184. The molecule has 1 aromatic carbocycles. The van der Waals surface area contributed by atoms with E-state index in [-0.39, 0.29) is 5.54 Å². The molecule has 19 heavy (non-hydrogen) atoms. The van der Waals surface area contributed by atoms with E-state index >= 15 is 0 Å². The molecule has 0 spiro atoms. The molecule has 104 valence electrons. The van der Waals surface area contributed by atoms with Crippen LogP contribution in [0.1, 0.15) is 24.8 Å². The van der Waals surface area contributed by atoms with E-state index in [1.807, 2.05) is 0 Å². The lowest BCUT2D eigenvalue weighted by Crippen LogP contribution is -2.60. The molecule has 0 amide bonds. The maximum Gasteiger partial charge on any atom is 0.0548 e. The SMILES string of the molecule is CN1CCC(CN)(N2CCCc3ccccc32)CC1. The maximum absolute atomic E-state index is 6.21. The third-order valence-electron chi connectivity index (χ3n) is 4.98. The van der Waals surface area contributed by atoms with Crippen molar-refractivity contribution in [3.05, 3.63) is 29.8 Å². The largest absolute Gasteiger partial charge is 0.364 e. The van der Waals surface area contributed by atoms with Gasteiger partial charge in [-0.2, -0.15) is 0 Å². The molecule has 0 saturated carbocycles. The lowest BCUT2D eigenvalue weighted by molar-refractivity contribution is 0.184. The Hall–Kier alpha value is -1.06. The summed E-state index contributed by atoms with van der Waals surface area (Å²) in [6, 6.07) is 8.88. The number of hydrogen-bond donors (Lipinski definition) is 1. The third kappa shape index (κ3) is 2.26. The van der Waals surface area contributed by atoms with Crippen LogP contribution in [0, 0.1) is 0 Å². The first-order chi connectivity index (χ1) is 9.25. The molecule has 1 saturated heterocycles. The van der Waals surface area contributed by atoms with E-state index in [0.29, 0.717) is 0 Å². The third-order valence-corrected chi connectivity index (χ3v) is 4.98. The fraction of sp³-hybridized carbons (Fsp3) is 0.625. The molecule has 3 heteroatoms. The van der Waals surface area contributed by atoms with Crippen molar-refractivity contribution in [2.75, 3.05) is 38.1 Å². The highest BCUT2D eigenvalue weighted by Crippen LogP contribution is 2.37. The lowest BCUT2D eigenvalue weighted by atomic mass is 9.83. The number of aryl methyl sites for hydroxylation is 1. The van der Waals surface area contributed by atoms with Crippen LogP contribution in [0.2, 0.25) is 0 Å². The molecule has 2 aliphatic heterocycles. The van der Waals surface area contributed by atoms with Crippen LogP contribution in [0.25, 0.3) is 0 Å². The Morgan fingerprint density at radius 2 is 1.89 bits per heavy atom. The molecule has 2 heterocycles. The van der Waals surface area contributed by atoms with Gasteiger partial charge in [0.25, 0.3) is 0 Å². The molecule has 0 unspecified atom stereocenters. The highest BCUT2D eigenvalue weighted by atomic mass is 15.2. The summed E-state index contributed by atoms with van der Waals surface area (Å²) >= 11 is 0. The Kier molecular flexibility index (Phi) is 3.50. The van der Waals surface area contributed by atoms with E-state index in [1.165, 1.54) is 36.9 Å². The Morgan fingerprint density at radius 3 is 2.63 bits per heavy atom. The monoisotopic (exact) mass is 259 g/mol. The summed E-state index contributed by atoms with van der Waals surface area (Å²) in [7, 11) is 2.21. The van der Waals surface area contributed by atoms with Crippen molar-refractivity contribution in [1.29, 1.82) is 0 Å². The summed E-state index contributed by atoms with van der Waals surface area (Å²) in [5.74, 6) is 0. The zero-order valence-corrected chi connectivity index (χ0v) is 11.9. The Balaban J connectivity index is 1.93. The normalized spacial score (nSPS) is 23.2. The van der Waals surface area contributed by atoms with E-state index in [4.69, 9.17) is 5.73 Å². The summed E-state index contributed by atoms with van der Waals surface area (Å²) < 4.78 is 0. The van der Waals surface area contributed by atoms with Gasteiger partial charge in [0, 0.05) is 31.9 Å².